The van der Waals surface area contributed by atoms with Crippen molar-refractivity contribution in [3.05, 3.63) is 35.1 Å². The lowest BCUT2D eigenvalue weighted by atomic mass is 10.3. The Morgan fingerprint density at radius 3 is 2.85 bits per heavy atom. The molecule has 1 aromatic carbocycles. The number of nitrogens with zero attached hydrogens (tertiary/aromatic N) is 4. The summed E-state index contributed by atoms with van der Waals surface area (Å²) in [5.74, 6) is 0.721. The summed E-state index contributed by atoms with van der Waals surface area (Å²) in [6, 6.07) is 8.23. The SMILES string of the molecule is Cc1nnnn1-c1[c]cc(Cl)cc1. The second-order valence-electron chi connectivity index (χ2n) is 2.53. The third-order valence-corrected chi connectivity index (χ3v) is 1.85. The van der Waals surface area contributed by atoms with Gasteiger partial charge in [-0.25, -0.2) is 0 Å². The van der Waals surface area contributed by atoms with E-state index < -0.39 is 0 Å². The van der Waals surface area contributed by atoms with E-state index in [1.54, 1.807) is 16.8 Å². The highest BCUT2D eigenvalue weighted by atomic mass is 35.5. The van der Waals surface area contributed by atoms with Crippen LogP contribution in [0.2, 0.25) is 5.02 Å². The molecule has 2 aromatic rings. The van der Waals surface area contributed by atoms with Crippen molar-refractivity contribution in [2.45, 2.75) is 6.92 Å². The number of halogens is 1. The molecule has 0 aliphatic carbocycles. The van der Waals surface area contributed by atoms with Gasteiger partial charge in [0.25, 0.3) is 0 Å². The number of tetrazole rings is 1. The molecule has 5 heteroatoms. The normalized spacial score (nSPS) is 10.3. The summed E-state index contributed by atoms with van der Waals surface area (Å²) in [5, 5.41) is 11.7. The molecule has 0 fully saturated rings. The minimum atomic E-state index is 0.648. The van der Waals surface area contributed by atoms with Crippen molar-refractivity contribution in [3.8, 4) is 5.69 Å². The summed E-state index contributed by atoms with van der Waals surface area (Å²) in [7, 11) is 0. The Morgan fingerprint density at radius 1 is 1.46 bits per heavy atom. The zero-order valence-electron chi connectivity index (χ0n) is 6.90. The Bertz CT molecular complexity index is 406. The number of hydrogen-bond donors (Lipinski definition) is 0. The van der Waals surface area contributed by atoms with Crippen LogP contribution in [0.1, 0.15) is 5.82 Å². The molecule has 2 rings (SSSR count). The molecule has 0 aliphatic heterocycles. The topological polar surface area (TPSA) is 43.6 Å². The number of rotatable bonds is 1. The second-order valence-corrected chi connectivity index (χ2v) is 2.97. The third kappa shape index (κ3) is 1.53. The van der Waals surface area contributed by atoms with Crippen molar-refractivity contribution in [1.82, 2.24) is 20.2 Å². The first-order chi connectivity index (χ1) is 6.27. The molecule has 0 N–H and O–H groups in total. The molecule has 1 aromatic heterocycles. The molecule has 0 atom stereocenters. The molecular weight excluding hydrogens is 188 g/mol. The molecule has 0 amide bonds. The van der Waals surface area contributed by atoms with Gasteiger partial charge in [-0.05, 0) is 35.5 Å². The van der Waals surface area contributed by atoms with Crippen molar-refractivity contribution in [2.24, 2.45) is 0 Å². The Morgan fingerprint density at radius 2 is 2.31 bits per heavy atom. The van der Waals surface area contributed by atoms with Gasteiger partial charge in [-0.3, -0.25) is 0 Å². The quantitative estimate of drug-likeness (QED) is 0.688. The Hall–Kier alpha value is -1.42. The summed E-state index contributed by atoms with van der Waals surface area (Å²) >= 11 is 5.72. The average Bonchev–Trinajstić information content (AvgIpc) is 2.53. The maximum Gasteiger partial charge on any atom is 0.153 e. The van der Waals surface area contributed by atoms with Gasteiger partial charge >= 0.3 is 0 Å². The van der Waals surface area contributed by atoms with Crippen LogP contribution in [0.15, 0.2) is 18.2 Å². The van der Waals surface area contributed by atoms with E-state index >= 15 is 0 Å². The fraction of sp³-hybridized carbons (Fsp3) is 0.125. The van der Waals surface area contributed by atoms with Gasteiger partial charge in [-0.15, -0.1) is 5.10 Å². The van der Waals surface area contributed by atoms with Crippen LogP contribution in [-0.4, -0.2) is 20.2 Å². The van der Waals surface area contributed by atoms with Crippen molar-refractivity contribution >= 4 is 11.6 Å². The predicted molar refractivity (Wildman–Crippen MR) is 47.7 cm³/mol. The van der Waals surface area contributed by atoms with Gasteiger partial charge in [0.05, 0.1) is 5.69 Å². The van der Waals surface area contributed by atoms with Crippen LogP contribution in [0, 0.1) is 13.0 Å². The lowest BCUT2D eigenvalue weighted by Crippen LogP contribution is -1.98. The van der Waals surface area contributed by atoms with Crippen LogP contribution in [0.5, 0.6) is 0 Å². The molecule has 0 unspecified atom stereocenters. The van der Waals surface area contributed by atoms with E-state index in [1.165, 1.54) is 0 Å². The molecule has 13 heavy (non-hydrogen) atoms. The van der Waals surface area contributed by atoms with E-state index in [0.717, 1.165) is 11.5 Å². The number of aryl methyl sites for hydroxylation is 1. The summed E-state index contributed by atoms with van der Waals surface area (Å²) < 4.78 is 1.59. The van der Waals surface area contributed by atoms with Crippen LogP contribution >= 0.6 is 11.6 Å². The largest absolute Gasteiger partial charge is 0.197 e. The molecule has 0 saturated heterocycles. The first-order valence-electron chi connectivity index (χ1n) is 3.70. The lowest BCUT2D eigenvalue weighted by molar-refractivity contribution is 0.778. The zero-order chi connectivity index (χ0) is 9.26. The molecule has 4 nitrogen and oxygen atoms in total. The summed E-state index contributed by atoms with van der Waals surface area (Å²) in [4.78, 5) is 0. The first-order valence-corrected chi connectivity index (χ1v) is 4.08. The molecule has 1 radical (unpaired) electrons. The molecule has 0 aliphatic rings. The van der Waals surface area contributed by atoms with E-state index in [1.807, 2.05) is 13.0 Å². The number of aromatic nitrogens is 4. The molecule has 1 heterocycles. The van der Waals surface area contributed by atoms with Crippen molar-refractivity contribution in [3.63, 3.8) is 0 Å². The minimum absolute atomic E-state index is 0.648. The average molecular weight is 194 g/mol. The summed E-state index contributed by atoms with van der Waals surface area (Å²) in [6.45, 7) is 1.82. The van der Waals surface area contributed by atoms with E-state index in [2.05, 4.69) is 21.6 Å². The Labute approximate surface area is 80.1 Å². The fourth-order valence-electron chi connectivity index (χ4n) is 0.984. The van der Waals surface area contributed by atoms with E-state index in [0.29, 0.717) is 5.02 Å². The highest BCUT2D eigenvalue weighted by Gasteiger charge is 2.02. The monoisotopic (exact) mass is 193 g/mol. The van der Waals surface area contributed by atoms with Gasteiger partial charge < -0.3 is 0 Å². The van der Waals surface area contributed by atoms with Crippen LogP contribution < -0.4 is 0 Å². The van der Waals surface area contributed by atoms with Crippen LogP contribution in [0.3, 0.4) is 0 Å². The highest BCUT2D eigenvalue weighted by Crippen LogP contribution is 2.11. The van der Waals surface area contributed by atoms with E-state index in [4.69, 9.17) is 11.6 Å². The standard InChI is InChI=1S/C8H6ClN4/c1-6-10-11-12-13(6)8-4-2-7(9)3-5-8/h2-4H,1H3. The summed E-state index contributed by atoms with van der Waals surface area (Å²) in [6.07, 6.45) is 0. The molecule has 0 bridgehead atoms. The van der Waals surface area contributed by atoms with Crippen LogP contribution in [0.25, 0.3) is 5.69 Å². The molecule has 65 valence electrons. The lowest BCUT2D eigenvalue weighted by Gasteiger charge is -1.99. The second kappa shape index (κ2) is 3.14. The smallest absolute Gasteiger partial charge is 0.153 e. The maximum atomic E-state index is 5.72. The van der Waals surface area contributed by atoms with Gasteiger partial charge in [-0.2, -0.15) is 4.68 Å². The van der Waals surface area contributed by atoms with Crippen LogP contribution in [0.4, 0.5) is 0 Å². The minimum Gasteiger partial charge on any atom is -0.197 e. The van der Waals surface area contributed by atoms with E-state index in [9.17, 15) is 0 Å². The van der Waals surface area contributed by atoms with Gasteiger partial charge in [-0.1, -0.05) is 11.6 Å². The molecule has 0 spiro atoms. The van der Waals surface area contributed by atoms with Gasteiger partial charge in [0.2, 0.25) is 0 Å². The zero-order valence-corrected chi connectivity index (χ0v) is 7.65. The highest BCUT2D eigenvalue weighted by molar-refractivity contribution is 6.30. The van der Waals surface area contributed by atoms with Crippen molar-refractivity contribution < 1.29 is 0 Å². The fourth-order valence-corrected chi connectivity index (χ4v) is 1.10. The van der Waals surface area contributed by atoms with Gasteiger partial charge in [0.1, 0.15) is 0 Å². The number of hydrogen-bond acceptors (Lipinski definition) is 3. The molecule has 0 saturated carbocycles. The van der Waals surface area contributed by atoms with Crippen LogP contribution in [-0.2, 0) is 0 Å². The predicted octanol–water partition coefficient (Wildman–Crippen LogP) is 1.42. The Kier molecular flexibility index (Phi) is 1.98. The van der Waals surface area contributed by atoms with Gasteiger partial charge in [0.15, 0.2) is 5.82 Å². The van der Waals surface area contributed by atoms with E-state index in [-0.39, 0.29) is 0 Å². The number of benzene rings is 1. The van der Waals surface area contributed by atoms with Gasteiger partial charge in [0, 0.05) is 11.1 Å². The first kappa shape index (κ1) is 8.19. The van der Waals surface area contributed by atoms with Crippen molar-refractivity contribution in [2.75, 3.05) is 0 Å². The third-order valence-electron chi connectivity index (χ3n) is 1.61. The summed E-state index contributed by atoms with van der Waals surface area (Å²) in [5.41, 5.74) is 0.784. The Balaban J connectivity index is 2.47. The van der Waals surface area contributed by atoms with Crippen molar-refractivity contribution in [1.29, 1.82) is 0 Å². The molecular formula is C8H6ClN4. The maximum absolute atomic E-state index is 5.72.